The lowest BCUT2D eigenvalue weighted by atomic mass is 9.69. The van der Waals surface area contributed by atoms with Gasteiger partial charge in [0.15, 0.2) is 5.71 Å². The third kappa shape index (κ3) is 10.6. The number of rotatable bonds is 16. The van der Waals surface area contributed by atoms with Gasteiger partial charge in [-0.2, -0.15) is 4.58 Å². The fraction of sp³-hybridized carbons (Fsp3) is 0.185. The zero-order chi connectivity index (χ0) is 65.2. The molecule has 15 rings (SSSR count). The highest BCUT2D eigenvalue weighted by molar-refractivity contribution is 6.08. The summed E-state index contributed by atoms with van der Waals surface area (Å²) in [5.74, 6) is 0. The van der Waals surface area contributed by atoms with Crippen LogP contribution in [0.2, 0.25) is 0 Å². The summed E-state index contributed by atoms with van der Waals surface area (Å²) in [5, 5.41) is 10.3. The van der Waals surface area contributed by atoms with E-state index in [9.17, 15) is 0 Å². The maximum absolute atomic E-state index is 4.98. The van der Waals surface area contributed by atoms with E-state index >= 15 is 0 Å². The summed E-state index contributed by atoms with van der Waals surface area (Å²) < 4.78 is 2.45. The van der Waals surface area contributed by atoms with Crippen molar-refractivity contribution in [1.82, 2.24) is 0 Å². The molecule has 3 aliphatic heterocycles. The van der Waals surface area contributed by atoms with Crippen molar-refractivity contribution in [1.29, 1.82) is 0 Å². The van der Waals surface area contributed by atoms with E-state index in [1.54, 1.807) is 0 Å². The fourth-order valence-electron chi connectivity index (χ4n) is 17.4. The average molecular weight is 1230 g/mol. The molecule has 12 aromatic carbocycles. The van der Waals surface area contributed by atoms with Crippen molar-refractivity contribution >= 4 is 65.9 Å². The molecule has 3 aliphatic rings. The molecule has 0 aromatic heterocycles. The predicted octanol–water partition coefficient (Wildman–Crippen LogP) is 21.7. The zero-order valence-electron chi connectivity index (χ0n) is 56.3. The predicted molar refractivity (Wildman–Crippen MR) is 405 cm³/mol. The Hall–Kier alpha value is -10.4. The first kappa shape index (κ1) is 60.9. The number of hydrogen-bond acceptors (Lipinski definition) is 2. The third-order valence-corrected chi connectivity index (χ3v) is 22.1. The highest BCUT2D eigenvalue weighted by Crippen LogP contribution is 2.54. The van der Waals surface area contributed by atoms with Crippen LogP contribution in [0, 0.1) is 6.92 Å². The van der Waals surface area contributed by atoms with Gasteiger partial charge >= 0.3 is 0 Å². The summed E-state index contributed by atoms with van der Waals surface area (Å²) in [6.07, 6.45) is 18.4. The van der Waals surface area contributed by atoms with Crippen LogP contribution < -0.4 is 9.80 Å². The standard InChI is InChI=1S/C92H84N3/c1-63-42-51-71-31-16-20-35-75(71)85(63)89(3,64(2)26-24-39-82-90(4,60-67-27-12-10-13-28-67)86-76-36-21-17-32-72(76)52-55-79(86)93(82)7)59-69-47-43-65(44-48-69)58-66-45-49-70(50-46-66)62-92(6)84(95(9)81-57-54-74-34-19-23-38-78(74)88(81)92)41-25-40-83-91(5,61-68-29-14-11-15-30-68)87-77-37-22-18-33-73(77)53-56-80(87)94(83)8/h10-57H,2,58-62H2,1,3-9H3/q+1/b26-24+,82-39+. The van der Waals surface area contributed by atoms with Crippen molar-refractivity contribution in [2.45, 2.75) is 88.4 Å². The largest absolute Gasteiger partial charge is 0.347 e. The van der Waals surface area contributed by atoms with Crippen molar-refractivity contribution < 1.29 is 4.58 Å². The first-order valence-electron chi connectivity index (χ1n) is 34.0. The second-order valence-corrected chi connectivity index (χ2v) is 28.2. The number of aryl methyl sites for hydroxylation is 1. The number of anilines is 2. The van der Waals surface area contributed by atoms with Gasteiger partial charge in [-0.1, -0.05) is 262 Å². The Bertz CT molecular complexity index is 5160. The molecule has 0 saturated carbocycles. The number of hydrogen-bond donors (Lipinski definition) is 0. The van der Waals surface area contributed by atoms with Crippen LogP contribution in [-0.2, 0) is 53.8 Å². The van der Waals surface area contributed by atoms with Gasteiger partial charge in [0, 0.05) is 70.8 Å². The van der Waals surface area contributed by atoms with E-state index < -0.39 is 5.41 Å². The van der Waals surface area contributed by atoms with Crippen LogP contribution in [0.3, 0.4) is 0 Å². The second kappa shape index (κ2) is 24.2. The summed E-state index contributed by atoms with van der Waals surface area (Å²) in [6, 6.07) is 94.9. The first-order chi connectivity index (χ1) is 46.1. The number of benzene rings is 12. The highest BCUT2D eigenvalue weighted by atomic mass is 15.2. The minimum atomic E-state index is -0.424. The van der Waals surface area contributed by atoms with Crippen molar-refractivity contribution in [2.75, 3.05) is 30.9 Å². The minimum Gasteiger partial charge on any atom is -0.347 e. The summed E-state index contributed by atoms with van der Waals surface area (Å²) >= 11 is 0. The normalized spacial score (nSPS) is 19.9. The lowest BCUT2D eigenvalue weighted by Crippen LogP contribution is -2.33. The lowest BCUT2D eigenvalue weighted by Gasteiger charge is -2.34. The smallest absolute Gasteiger partial charge is 0.210 e. The fourth-order valence-corrected chi connectivity index (χ4v) is 17.4. The topological polar surface area (TPSA) is 9.49 Å². The van der Waals surface area contributed by atoms with Crippen LogP contribution in [0.5, 0.6) is 0 Å². The molecule has 0 N–H and O–H groups in total. The van der Waals surface area contributed by atoms with Crippen LogP contribution in [0.15, 0.2) is 315 Å². The average Bonchev–Trinajstić information content (AvgIpc) is 1.60. The Morgan fingerprint density at radius 1 is 0.432 bits per heavy atom. The van der Waals surface area contributed by atoms with Crippen LogP contribution in [0.4, 0.5) is 17.1 Å². The number of fused-ring (bicyclic) bond motifs is 10. The van der Waals surface area contributed by atoms with Gasteiger partial charge in [-0.15, -0.1) is 0 Å². The molecule has 3 heterocycles. The van der Waals surface area contributed by atoms with E-state index in [2.05, 4.69) is 361 Å². The van der Waals surface area contributed by atoms with Gasteiger partial charge < -0.3 is 9.80 Å². The molecule has 466 valence electrons. The highest BCUT2D eigenvalue weighted by Gasteiger charge is 2.49. The molecular formula is C92H84N3+. The van der Waals surface area contributed by atoms with Gasteiger partial charge in [0.25, 0.3) is 0 Å². The molecular weight excluding hydrogens is 1150 g/mol. The second-order valence-electron chi connectivity index (χ2n) is 28.2. The van der Waals surface area contributed by atoms with E-state index in [0.29, 0.717) is 0 Å². The van der Waals surface area contributed by atoms with Gasteiger partial charge in [0.1, 0.15) is 7.05 Å². The number of likely N-dealkylation sites (N-methyl/N-ethyl adjacent to an activating group) is 2. The SMILES string of the molecule is C=C(/C=C/C=C1/N(C)c2ccc3ccccc3c2C1(C)Cc1ccccc1)C(C)(Cc1ccc(Cc2ccc(CC3(C)C(/C=C/C=C4/N(C)c5ccc6ccccc6c5C4(C)Cc4ccccc4)=[N+](C)c4ccc5ccccc5c43)cc2)cc1)c1c(C)ccc2ccccc12. The molecule has 0 saturated heterocycles. The number of allylic oxidation sites excluding steroid dienone is 9. The van der Waals surface area contributed by atoms with Gasteiger partial charge in [-0.05, 0) is 194 Å². The molecule has 3 heteroatoms. The molecule has 0 bridgehead atoms. The Labute approximate surface area is 562 Å². The van der Waals surface area contributed by atoms with E-state index in [0.717, 1.165) is 37.7 Å². The van der Waals surface area contributed by atoms with E-state index in [-0.39, 0.29) is 16.2 Å². The van der Waals surface area contributed by atoms with Crippen molar-refractivity contribution in [2.24, 2.45) is 0 Å². The number of nitrogens with zero attached hydrogens (tertiary/aromatic N) is 3. The summed E-state index contributed by atoms with van der Waals surface area (Å²) in [5.41, 5.74) is 22.2. The minimum absolute atomic E-state index is 0.258. The van der Waals surface area contributed by atoms with E-state index in [1.165, 1.54) is 138 Å². The van der Waals surface area contributed by atoms with E-state index in [1.807, 2.05) is 0 Å². The van der Waals surface area contributed by atoms with Crippen LogP contribution in [0.25, 0.3) is 43.1 Å². The maximum Gasteiger partial charge on any atom is 0.210 e. The van der Waals surface area contributed by atoms with Crippen LogP contribution in [-0.4, -0.2) is 31.4 Å². The molecule has 0 fully saturated rings. The summed E-state index contributed by atoms with van der Waals surface area (Å²) in [4.78, 5) is 4.86. The lowest BCUT2D eigenvalue weighted by molar-refractivity contribution is -0.401. The molecule has 12 aromatic rings. The molecule has 4 unspecified atom stereocenters. The first-order valence-corrected chi connectivity index (χ1v) is 34.0. The molecule has 0 radical (unpaired) electrons. The molecule has 0 spiro atoms. The monoisotopic (exact) mass is 1230 g/mol. The molecule has 3 nitrogen and oxygen atoms in total. The zero-order valence-corrected chi connectivity index (χ0v) is 56.3. The molecule has 4 atom stereocenters. The Kier molecular flexibility index (Phi) is 15.5. The van der Waals surface area contributed by atoms with Gasteiger partial charge in [-0.25, -0.2) is 0 Å². The summed E-state index contributed by atoms with van der Waals surface area (Å²) in [6.45, 7) is 17.0. The van der Waals surface area contributed by atoms with Crippen molar-refractivity contribution in [3.05, 3.63) is 376 Å². The van der Waals surface area contributed by atoms with Gasteiger partial charge in [0.05, 0.1) is 5.41 Å². The Morgan fingerprint density at radius 2 is 0.832 bits per heavy atom. The molecule has 0 amide bonds. The molecule has 0 aliphatic carbocycles. The van der Waals surface area contributed by atoms with Crippen LogP contribution >= 0.6 is 0 Å². The Balaban J connectivity index is 0.707. The quantitative estimate of drug-likeness (QED) is 0.0704. The maximum atomic E-state index is 4.98. The Morgan fingerprint density at radius 3 is 1.36 bits per heavy atom. The van der Waals surface area contributed by atoms with Gasteiger partial charge in [-0.3, -0.25) is 0 Å². The summed E-state index contributed by atoms with van der Waals surface area (Å²) in [7, 11) is 6.75. The molecule has 95 heavy (non-hydrogen) atoms. The van der Waals surface area contributed by atoms with Gasteiger partial charge in [0.2, 0.25) is 5.69 Å². The van der Waals surface area contributed by atoms with E-state index in [4.69, 9.17) is 6.58 Å². The van der Waals surface area contributed by atoms with Crippen molar-refractivity contribution in [3.63, 3.8) is 0 Å². The van der Waals surface area contributed by atoms with Crippen LogP contribution in [0.1, 0.15) is 88.9 Å². The third-order valence-electron chi connectivity index (χ3n) is 22.1. The van der Waals surface area contributed by atoms with Crippen molar-refractivity contribution in [3.8, 4) is 0 Å².